The molecule has 26 heavy (non-hydrogen) atoms. The molecule has 3 nitrogen and oxygen atoms in total. The third-order valence-corrected chi connectivity index (χ3v) is 5.89. The molecule has 2 aromatic heterocycles. The largest absolute Gasteiger partial charge is 0.472 e. The molecule has 0 fully saturated rings. The SMILES string of the molecule is CCCc1ccsc1C(=S)OC(Cn1ccnc1)c1ccc(Cl)cc1Cl. The van der Waals surface area contributed by atoms with E-state index in [-0.39, 0.29) is 6.10 Å². The van der Waals surface area contributed by atoms with Gasteiger partial charge in [0.15, 0.2) is 0 Å². The molecule has 0 radical (unpaired) electrons. The van der Waals surface area contributed by atoms with E-state index in [0.29, 0.717) is 21.6 Å². The molecule has 0 aliphatic rings. The summed E-state index contributed by atoms with van der Waals surface area (Å²) < 4.78 is 8.17. The first-order chi connectivity index (χ1) is 12.6. The first-order valence-electron chi connectivity index (χ1n) is 8.26. The third-order valence-electron chi connectivity index (χ3n) is 3.95. The molecule has 1 unspecified atom stereocenters. The molecule has 0 aliphatic carbocycles. The van der Waals surface area contributed by atoms with E-state index >= 15 is 0 Å². The number of ether oxygens (including phenoxy) is 1. The van der Waals surface area contributed by atoms with Gasteiger partial charge in [0.25, 0.3) is 0 Å². The van der Waals surface area contributed by atoms with Gasteiger partial charge in [-0.3, -0.25) is 0 Å². The van der Waals surface area contributed by atoms with Crippen LogP contribution < -0.4 is 0 Å². The summed E-state index contributed by atoms with van der Waals surface area (Å²) in [6, 6.07) is 7.53. The van der Waals surface area contributed by atoms with Crippen molar-refractivity contribution in [3.63, 3.8) is 0 Å². The minimum Gasteiger partial charge on any atom is -0.472 e. The number of thiocarbonyl (C=S) groups is 1. The molecule has 0 amide bonds. The van der Waals surface area contributed by atoms with Gasteiger partial charge < -0.3 is 9.30 Å². The van der Waals surface area contributed by atoms with Crippen LogP contribution in [0, 0.1) is 0 Å². The number of aromatic nitrogens is 2. The fourth-order valence-electron chi connectivity index (χ4n) is 2.71. The minimum atomic E-state index is -0.335. The van der Waals surface area contributed by atoms with Crippen molar-refractivity contribution in [2.24, 2.45) is 0 Å². The maximum atomic E-state index is 6.42. The lowest BCUT2D eigenvalue weighted by atomic mass is 10.1. The van der Waals surface area contributed by atoms with Crippen LogP contribution in [0.5, 0.6) is 0 Å². The zero-order valence-electron chi connectivity index (χ0n) is 14.2. The Balaban J connectivity index is 1.87. The number of thiophene rings is 1. The highest BCUT2D eigenvalue weighted by Gasteiger charge is 2.21. The lowest BCUT2D eigenvalue weighted by Gasteiger charge is -2.21. The number of halogens is 2. The first kappa shape index (κ1) is 19.4. The van der Waals surface area contributed by atoms with Crippen LogP contribution in [-0.2, 0) is 17.7 Å². The Morgan fingerprint density at radius 2 is 2.19 bits per heavy atom. The fraction of sp³-hybridized carbons (Fsp3) is 0.263. The minimum absolute atomic E-state index is 0.335. The number of aryl methyl sites for hydroxylation is 1. The van der Waals surface area contributed by atoms with E-state index in [1.165, 1.54) is 5.56 Å². The van der Waals surface area contributed by atoms with Crippen molar-refractivity contribution in [1.29, 1.82) is 0 Å². The van der Waals surface area contributed by atoms with Gasteiger partial charge in [-0.2, -0.15) is 0 Å². The van der Waals surface area contributed by atoms with E-state index in [9.17, 15) is 0 Å². The van der Waals surface area contributed by atoms with Gasteiger partial charge in [-0.1, -0.05) is 42.6 Å². The second kappa shape index (κ2) is 9.00. The van der Waals surface area contributed by atoms with E-state index in [4.69, 9.17) is 40.2 Å². The standard InChI is InChI=1S/C19H18Cl2N2OS2/c1-2-3-13-6-9-26-18(13)19(25)24-17(11-23-8-7-22-12-23)15-5-4-14(20)10-16(15)21/h4-10,12,17H,2-3,11H2,1H3. The smallest absolute Gasteiger partial charge is 0.202 e. The van der Waals surface area contributed by atoms with E-state index in [1.807, 2.05) is 22.9 Å². The molecule has 136 valence electrons. The van der Waals surface area contributed by atoms with Crippen LogP contribution in [0.3, 0.4) is 0 Å². The van der Waals surface area contributed by atoms with Crippen LogP contribution in [-0.4, -0.2) is 14.6 Å². The molecular formula is C19H18Cl2N2OS2. The molecule has 0 spiro atoms. The summed E-state index contributed by atoms with van der Waals surface area (Å²) in [7, 11) is 0. The fourth-order valence-corrected chi connectivity index (χ4v) is 4.47. The van der Waals surface area contributed by atoms with Crippen LogP contribution in [0.25, 0.3) is 0 Å². The van der Waals surface area contributed by atoms with Crippen LogP contribution in [0.2, 0.25) is 10.0 Å². The molecule has 0 saturated carbocycles. The Morgan fingerprint density at radius 1 is 1.35 bits per heavy atom. The molecule has 3 rings (SSSR count). The summed E-state index contributed by atoms with van der Waals surface area (Å²) in [4.78, 5) is 5.11. The number of hydrogen-bond donors (Lipinski definition) is 0. The van der Waals surface area contributed by atoms with Crippen LogP contribution in [0.1, 0.15) is 35.5 Å². The number of nitrogens with zero attached hydrogens (tertiary/aromatic N) is 2. The molecule has 1 aromatic carbocycles. The maximum absolute atomic E-state index is 6.42. The van der Waals surface area contributed by atoms with Gasteiger partial charge in [0, 0.05) is 28.0 Å². The van der Waals surface area contributed by atoms with Crippen molar-refractivity contribution in [3.05, 3.63) is 74.4 Å². The number of imidazole rings is 1. The lowest BCUT2D eigenvalue weighted by molar-refractivity contribution is 0.177. The average molecular weight is 425 g/mol. The number of benzene rings is 1. The normalized spacial score (nSPS) is 12.1. The predicted molar refractivity (Wildman–Crippen MR) is 113 cm³/mol. The topological polar surface area (TPSA) is 27.1 Å². The quantitative estimate of drug-likeness (QED) is 0.414. The number of rotatable bonds is 7. The van der Waals surface area contributed by atoms with E-state index in [1.54, 1.807) is 29.9 Å². The van der Waals surface area contributed by atoms with E-state index in [2.05, 4.69) is 23.4 Å². The van der Waals surface area contributed by atoms with Gasteiger partial charge in [0.1, 0.15) is 6.10 Å². The third kappa shape index (κ3) is 4.65. The van der Waals surface area contributed by atoms with Crippen molar-refractivity contribution >= 4 is 51.8 Å². The maximum Gasteiger partial charge on any atom is 0.202 e. The zero-order valence-corrected chi connectivity index (χ0v) is 17.3. The second-order valence-electron chi connectivity index (χ2n) is 5.84. The second-order valence-corrected chi connectivity index (χ2v) is 7.97. The van der Waals surface area contributed by atoms with Crippen molar-refractivity contribution in [2.45, 2.75) is 32.4 Å². The zero-order chi connectivity index (χ0) is 18.5. The van der Waals surface area contributed by atoms with Crippen LogP contribution in [0.15, 0.2) is 48.4 Å². The molecule has 0 aliphatic heterocycles. The van der Waals surface area contributed by atoms with Crippen LogP contribution >= 0.6 is 46.8 Å². The highest BCUT2D eigenvalue weighted by molar-refractivity contribution is 7.80. The summed E-state index contributed by atoms with van der Waals surface area (Å²) in [5.74, 6) is 0. The van der Waals surface area contributed by atoms with Crippen molar-refractivity contribution in [2.75, 3.05) is 0 Å². The Kier molecular flexibility index (Phi) is 6.70. The average Bonchev–Trinajstić information content (AvgIpc) is 3.26. The molecule has 1 atom stereocenters. The van der Waals surface area contributed by atoms with Gasteiger partial charge in [-0.05, 0) is 47.8 Å². The molecule has 0 bridgehead atoms. The van der Waals surface area contributed by atoms with Gasteiger partial charge in [0.05, 0.1) is 17.7 Å². The molecule has 2 heterocycles. The summed E-state index contributed by atoms with van der Waals surface area (Å²) in [6.07, 6.45) is 7.08. The molecule has 3 aromatic rings. The number of hydrogen-bond acceptors (Lipinski definition) is 4. The van der Waals surface area contributed by atoms with Gasteiger partial charge >= 0.3 is 0 Å². The van der Waals surface area contributed by atoms with Gasteiger partial charge in [-0.15, -0.1) is 11.3 Å². The summed E-state index contributed by atoms with van der Waals surface area (Å²) in [5.41, 5.74) is 2.08. The Bertz CT molecular complexity index is 878. The summed E-state index contributed by atoms with van der Waals surface area (Å²) in [5, 5.41) is 3.70. The highest BCUT2D eigenvalue weighted by Crippen LogP contribution is 2.32. The Morgan fingerprint density at radius 3 is 2.88 bits per heavy atom. The highest BCUT2D eigenvalue weighted by atomic mass is 35.5. The van der Waals surface area contributed by atoms with Gasteiger partial charge in [-0.25, -0.2) is 4.98 Å². The molecular weight excluding hydrogens is 407 g/mol. The van der Waals surface area contributed by atoms with Crippen molar-refractivity contribution in [1.82, 2.24) is 9.55 Å². The van der Waals surface area contributed by atoms with Crippen molar-refractivity contribution < 1.29 is 4.74 Å². The lowest BCUT2D eigenvalue weighted by Crippen LogP contribution is -2.16. The summed E-state index contributed by atoms with van der Waals surface area (Å²) in [6.45, 7) is 2.71. The van der Waals surface area contributed by atoms with Gasteiger partial charge in [0.2, 0.25) is 5.05 Å². The molecule has 0 saturated heterocycles. The first-order valence-corrected chi connectivity index (χ1v) is 10.3. The van der Waals surface area contributed by atoms with Crippen LogP contribution in [0.4, 0.5) is 0 Å². The molecule has 0 N–H and O–H groups in total. The van der Waals surface area contributed by atoms with Crippen molar-refractivity contribution in [3.8, 4) is 0 Å². The predicted octanol–water partition coefficient (Wildman–Crippen LogP) is 6.34. The van der Waals surface area contributed by atoms with E-state index in [0.717, 1.165) is 23.3 Å². The Labute approximate surface area is 172 Å². The monoisotopic (exact) mass is 424 g/mol. The molecule has 7 heteroatoms. The summed E-state index contributed by atoms with van der Waals surface area (Å²) >= 11 is 19.7. The Hall–Kier alpha value is -1.40. The van der Waals surface area contributed by atoms with E-state index < -0.39 is 0 Å².